The van der Waals surface area contributed by atoms with E-state index in [0.717, 1.165) is 50.8 Å². The minimum Gasteiger partial charge on any atom is -0.497 e. The first-order valence-electron chi connectivity index (χ1n) is 9.46. The average molecular weight is 408 g/mol. The number of hydrogen-bond acceptors (Lipinski definition) is 6. The molecule has 156 valence electrons. The van der Waals surface area contributed by atoms with Gasteiger partial charge in [-0.05, 0) is 42.5 Å². The highest BCUT2D eigenvalue weighted by Crippen LogP contribution is 2.52. The molecule has 30 heavy (non-hydrogen) atoms. The molecule has 0 aliphatic carbocycles. The van der Waals surface area contributed by atoms with E-state index in [2.05, 4.69) is 0 Å². The van der Waals surface area contributed by atoms with Crippen molar-refractivity contribution < 1.29 is 28.4 Å². The molecule has 4 rings (SSSR count). The minimum absolute atomic E-state index is 0.355. The van der Waals surface area contributed by atoms with E-state index >= 15 is 0 Å². The summed E-state index contributed by atoms with van der Waals surface area (Å²) in [5.74, 6) is 4.33. The summed E-state index contributed by atoms with van der Waals surface area (Å²) >= 11 is 0. The van der Waals surface area contributed by atoms with E-state index < -0.39 is 0 Å². The maximum atomic E-state index is 6.26. The van der Waals surface area contributed by atoms with Crippen LogP contribution in [-0.4, -0.2) is 35.5 Å². The summed E-state index contributed by atoms with van der Waals surface area (Å²) in [6, 6.07) is 13.3. The van der Waals surface area contributed by atoms with Crippen molar-refractivity contribution in [2.24, 2.45) is 0 Å². The molecule has 1 aliphatic rings. The van der Waals surface area contributed by atoms with E-state index in [4.69, 9.17) is 28.4 Å². The van der Waals surface area contributed by atoms with Crippen LogP contribution in [0.5, 0.6) is 34.5 Å². The summed E-state index contributed by atoms with van der Waals surface area (Å²) in [6.07, 6.45) is 0. The monoisotopic (exact) mass is 408 g/mol. The van der Waals surface area contributed by atoms with Crippen molar-refractivity contribution in [3.8, 4) is 56.8 Å². The maximum Gasteiger partial charge on any atom is 0.136 e. The van der Waals surface area contributed by atoms with Gasteiger partial charge < -0.3 is 28.4 Å². The first-order valence-corrected chi connectivity index (χ1v) is 9.46. The lowest BCUT2D eigenvalue weighted by Crippen LogP contribution is -2.10. The van der Waals surface area contributed by atoms with Crippen LogP contribution < -0.4 is 28.4 Å². The van der Waals surface area contributed by atoms with Gasteiger partial charge in [-0.3, -0.25) is 0 Å². The molecule has 3 aromatic rings. The predicted octanol–water partition coefficient (Wildman–Crippen LogP) is 4.96. The van der Waals surface area contributed by atoms with E-state index in [0.29, 0.717) is 18.1 Å². The predicted molar refractivity (Wildman–Crippen MR) is 114 cm³/mol. The van der Waals surface area contributed by atoms with Crippen molar-refractivity contribution in [2.75, 3.05) is 35.5 Å². The fourth-order valence-corrected chi connectivity index (χ4v) is 3.84. The quantitative estimate of drug-likeness (QED) is 0.575. The second kappa shape index (κ2) is 8.06. The molecule has 6 heteroatoms. The lowest BCUT2D eigenvalue weighted by atomic mass is 9.90. The van der Waals surface area contributed by atoms with Crippen molar-refractivity contribution in [1.82, 2.24) is 0 Å². The lowest BCUT2D eigenvalue weighted by molar-refractivity contribution is 0.291. The Morgan fingerprint density at radius 1 is 0.600 bits per heavy atom. The minimum atomic E-state index is 0.355. The van der Waals surface area contributed by atoms with E-state index in [1.165, 1.54) is 0 Å². The molecule has 0 N–H and O–H groups in total. The third-order valence-corrected chi connectivity index (χ3v) is 5.30. The molecular weight excluding hydrogens is 384 g/mol. The van der Waals surface area contributed by atoms with Gasteiger partial charge in [-0.25, -0.2) is 0 Å². The fourth-order valence-electron chi connectivity index (χ4n) is 3.84. The Balaban J connectivity index is 2.04. The van der Waals surface area contributed by atoms with Gasteiger partial charge in [0.15, 0.2) is 0 Å². The molecule has 0 unspecified atom stereocenters. The third kappa shape index (κ3) is 3.14. The van der Waals surface area contributed by atoms with Crippen molar-refractivity contribution >= 4 is 0 Å². The molecule has 0 spiro atoms. The van der Waals surface area contributed by atoms with Crippen LogP contribution in [0, 0.1) is 0 Å². The first-order chi connectivity index (χ1) is 14.6. The zero-order valence-corrected chi connectivity index (χ0v) is 17.7. The van der Waals surface area contributed by atoms with Crippen LogP contribution in [0.25, 0.3) is 22.3 Å². The van der Waals surface area contributed by atoms with Crippen LogP contribution in [0.4, 0.5) is 0 Å². The van der Waals surface area contributed by atoms with Crippen LogP contribution in [0.3, 0.4) is 0 Å². The molecule has 0 aromatic heterocycles. The molecule has 0 fully saturated rings. The molecule has 0 amide bonds. The molecular formula is C24H24O6. The van der Waals surface area contributed by atoms with Crippen LogP contribution in [0.15, 0.2) is 42.5 Å². The molecule has 0 saturated heterocycles. The van der Waals surface area contributed by atoms with E-state index in [9.17, 15) is 0 Å². The molecule has 1 aliphatic heterocycles. The molecule has 1 heterocycles. The van der Waals surface area contributed by atoms with E-state index in [1.807, 2.05) is 42.5 Å². The Morgan fingerprint density at radius 2 is 1.20 bits per heavy atom. The maximum absolute atomic E-state index is 6.26. The van der Waals surface area contributed by atoms with Crippen molar-refractivity contribution in [2.45, 2.75) is 6.61 Å². The summed E-state index contributed by atoms with van der Waals surface area (Å²) in [7, 11) is 8.22. The van der Waals surface area contributed by atoms with Gasteiger partial charge in [0.25, 0.3) is 0 Å². The SMILES string of the molecule is COc1ccc(OC)c(-c2cc(OC)cc3c2OCc2c(OC)ccc(OC)c2-3)c1. The van der Waals surface area contributed by atoms with Crippen LogP contribution >= 0.6 is 0 Å². The van der Waals surface area contributed by atoms with Gasteiger partial charge >= 0.3 is 0 Å². The Labute approximate surface area is 175 Å². The number of rotatable bonds is 6. The molecule has 3 aromatic carbocycles. The van der Waals surface area contributed by atoms with E-state index in [-0.39, 0.29) is 0 Å². The Morgan fingerprint density at radius 3 is 1.87 bits per heavy atom. The van der Waals surface area contributed by atoms with Gasteiger partial charge in [-0.15, -0.1) is 0 Å². The third-order valence-electron chi connectivity index (χ3n) is 5.30. The second-order valence-corrected chi connectivity index (χ2v) is 6.73. The highest BCUT2D eigenvalue weighted by molar-refractivity contribution is 5.91. The standard InChI is InChI=1S/C24H24O6/c1-25-14-6-7-20(27-3)16(10-14)17-11-15(26-2)12-18-23-19(13-30-24(17)18)21(28-4)8-9-22(23)29-5/h6-12H,13H2,1-5H3. The summed E-state index contributed by atoms with van der Waals surface area (Å²) in [4.78, 5) is 0. The molecule has 0 radical (unpaired) electrons. The number of methoxy groups -OCH3 is 5. The molecule has 0 atom stereocenters. The van der Waals surface area contributed by atoms with Gasteiger partial charge in [0.1, 0.15) is 41.1 Å². The first kappa shape index (κ1) is 19.8. The largest absolute Gasteiger partial charge is 0.497 e. The molecule has 6 nitrogen and oxygen atoms in total. The van der Waals surface area contributed by atoms with Crippen molar-refractivity contribution in [3.63, 3.8) is 0 Å². The average Bonchev–Trinajstić information content (AvgIpc) is 2.81. The zero-order chi connectivity index (χ0) is 21.3. The van der Waals surface area contributed by atoms with E-state index in [1.54, 1.807) is 35.5 Å². The normalized spacial score (nSPS) is 11.6. The molecule has 0 bridgehead atoms. The van der Waals surface area contributed by atoms with Gasteiger partial charge in [-0.2, -0.15) is 0 Å². The fraction of sp³-hybridized carbons (Fsp3) is 0.250. The topological polar surface area (TPSA) is 55.4 Å². The summed E-state index contributed by atoms with van der Waals surface area (Å²) in [6.45, 7) is 0.355. The zero-order valence-electron chi connectivity index (χ0n) is 17.7. The van der Waals surface area contributed by atoms with Crippen molar-refractivity contribution in [3.05, 3.63) is 48.0 Å². The highest BCUT2D eigenvalue weighted by atomic mass is 16.5. The smallest absolute Gasteiger partial charge is 0.136 e. The number of hydrogen-bond donors (Lipinski definition) is 0. The Hall–Kier alpha value is -3.54. The van der Waals surface area contributed by atoms with Gasteiger partial charge in [0.05, 0.1) is 35.5 Å². The summed E-state index contributed by atoms with van der Waals surface area (Å²) in [5, 5.41) is 0. The number of ether oxygens (including phenoxy) is 6. The highest BCUT2D eigenvalue weighted by Gasteiger charge is 2.29. The van der Waals surface area contributed by atoms with Crippen LogP contribution in [0.1, 0.15) is 5.56 Å². The van der Waals surface area contributed by atoms with Crippen molar-refractivity contribution in [1.29, 1.82) is 0 Å². The van der Waals surface area contributed by atoms with Gasteiger partial charge in [0, 0.05) is 27.8 Å². The Kier molecular flexibility index (Phi) is 5.31. The van der Waals surface area contributed by atoms with Gasteiger partial charge in [0.2, 0.25) is 0 Å². The molecule has 0 saturated carbocycles. The number of fused-ring (bicyclic) bond motifs is 3. The summed E-state index contributed by atoms with van der Waals surface area (Å²) in [5.41, 5.74) is 4.42. The lowest BCUT2D eigenvalue weighted by Gasteiger charge is -2.27. The Bertz CT molecular complexity index is 1070. The summed E-state index contributed by atoms with van der Waals surface area (Å²) < 4.78 is 34.2. The van der Waals surface area contributed by atoms with Gasteiger partial charge in [-0.1, -0.05) is 0 Å². The number of benzene rings is 3. The second-order valence-electron chi connectivity index (χ2n) is 6.73. The van der Waals surface area contributed by atoms with Crippen LogP contribution in [0.2, 0.25) is 0 Å². The van der Waals surface area contributed by atoms with Crippen LogP contribution in [-0.2, 0) is 6.61 Å².